The van der Waals surface area contributed by atoms with Gasteiger partial charge in [0.25, 0.3) is 0 Å². The molecule has 1 aliphatic carbocycles. The summed E-state index contributed by atoms with van der Waals surface area (Å²) in [6, 6.07) is 0.767. The second kappa shape index (κ2) is 7.55. The quantitative estimate of drug-likeness (QED) is 0.661. The minimum atomic E-state index is 0.663. The Bertz CT molecular complexity index is 408. The molecule has 0 spiro atoms. The van der Waals surface area contributed by atoms with Gasteiger partial charge in [0.2, 0.25) is 0 Å². The van der Waals surface area contributed by atoms with Crippen molar-refractivity contribution in [2.75, 3.05) is 19.6 Å². The van der Waals surface area contributed by atoms with Crippen LogP contribution in [0.4, 0.5) is 0 Å². The lowest BCUT2D eigenvalue weighted by atomic mass is 10.2. The van der Waals surface area contributed by atoms with E-state index in [1.807, 2.05) is 17.0 Å². The van der Waals surface area contributed by atoms with Crippen molar-refractivity contribution in [3.8, 4) is 0 Å². The summed E-state index contributed by atoms with van der Waals surface area (Å²) in [5.41, 5.74) is 1.02. The van der Waals surface area contributed by atoms with Crippen LogP contribution in [0, 0.1) is 5.92 Å². The summed E-state index contributed by atoms with van der Waals surface area (Å²) in [5, 5.41) is 11.8. The maximum absolute atomic E-state index is 4.21. The molecule has 0 bridgehead atoms. The zero-order valence-corrected chi connectivity index (χ0v) is 12.8. The average molecular weight is 277 g/mol. The monoisotopic (exact) mass is 277 g/mol. The fourth-order valence-corrected chi connectivity index (χ4v) is 2.28. The summed E-state index contributed by atoms with van der Waals surface area (Å²) in [6.45, 7) is 13.0. The highest BCUT2D eigenvalue weighted by Crippen LogP contribution is 2.26. The number of nitrogens with one attached hydrogen (secondary N) is 1. The Balaban J connectivity index is 1.72. The Morgan fingerprint density at radius 2 is 2.35 bits per heavy atom. The van der Waals surface area contributed by atoms with Crippen molar-refractivity contribution in [2.45, 2.75) is 45.8 Å². The van der Waals surface area contributed by atoms with Crippen molar-refractivity contribution in [1.82, 2.24) is 25.2 Å². The first-order chi connectivity index (χ1) is 9.69. The maximum Gasteiger partial charge on any atom is 0.0964 e. The Labute approximate surface area is 122 Å². The molecule has 0 atom stereocenters. The van der Waals surface area contributed by atoms with E-state index in [0.717, 1.165) is 44.5 Å². The minimum absolute atomic E-state index is 0.663. The standard InChI is InChI=1S/C15H27N5/c1-4-7-19(15-5-6-15)8-9-20-12-14(17-18-20)11-16-10-13(2)3/h4,12-13,15-16H,1,5-11H2,2-3H3. The van der Waals surface area contributed by atoms with Crippen molar-refractivity contribution >= 4 is 0 Å². The molecule has 1 saturated carbocycles. The lowest BCUT2D eigenvalue weighted by Crippen LogP contribution is -2.30. The van der Waals surface area contributed by atoms with Crippen molar-refractivity contribution < 1.29 is 0 Å². The van der Waals surface area contributed by atoms with Gasteiger partial charge in [-0.3, -0.25) is 9.58 Å². The smallest absolute Gasteiger partial charge is 0.0964 e. The van der Waals surface area contributed by atoms with Crippen molar-refractivity contribution in [1.29, 1.82) is 0 Å². The molecule has 1 aromatic rings. The van der Waals surface area contributed by atoms with E-state index in [0.29, 0.717) is 5.92 Å². The number of hydrogen-bond donors (Lipinski definition) is 1. The van der Waals surface area contributed by atoms with Gasteiger partial charge in [0, 0.05) is 31.9 Å². The molecule has 112 valence electrons. The molecule has 0 aliphatic heterocycles. The molecule has 5 nitrogen and oxygen atoms in total. The average Bonchev–Trinajstić information content (AvgIpc) is 3.15. The topological polar surface area (TPSA) is 46.0 Å². The van der Waals surface area contributed by atoms with Gasteiger partial charge in [-0.25, -0.2) is 0 Å². The zero-order chi connectivity index (χ0) is 14.4. The van der Waals surface area contributed by atoms with Gasteiger partial charge in [0.1, 0.15) is 0 Å². The Kier molecular flexibility index (Phi) is 5.73. The van der Waals surface area contributed by atoms with E-state index >= 15 is 0 Å². The first-order valence-corrected chi connectivity index (χ1v) is 7.63. The molecule has 1 aromatic heterocycles. The summed E-state index contributed by atoms with van der Waals surface area (Å²) in [6.07, 6.45) is 6.69. The van der Waals surface area contributed by atoms with Crippen LogP contribution in [0.1, 0.15) is 32.4 Å². The molecule has 1 N–H and O–H groups in total. The van der Waals surface area contributed by atoms with Crippen LogP contribution < -0.4 is 5.32 Å². The molecule has 1 aliphatic rings. The van der Waals surface area contributed by atoms with Crippen LogP contribution in [0.15, 0.2) is 18.9 Å². The summed E-state index contributed by atoms with van der Waals surface area (Å²) < 4.78 is 1.95. The lowest BCUT2D eigenvalue weighted by molar-refractivity contribution is 0.273. The highest BCUT2D eigenvalue weighted by atomic mass is 15.4. The van der Waals surface area contributed by atoms with Gasteiger partial charge < -0.3 is 5.32 Å². The highest BCUT2D eigenvalue weighted by Gasteiger charge is 2.27. The number of rotatable bonds is 10. The van der Waals surface area contributed by atoms with Gasteiger partial charge in [-0.2, -0.15) is 0 Å². The van der Waals surface area contributed by atoms with E-state index in [4.69, 9.17) is 0 Å². The summed E-state index contributed by atoms with van der Waals surface area (Å²) in [5.74, 6) is 0.663. The van der Waals surface area contributed by atoms with E-state index in [1.165, 1.54) is 12.8 Å². The second-order valence-corrected chi connectivity index (χ2v) is 6.01. The first kappa shape index (κ1) is 15.2. The lowest BCUT2D eigenvalue weighted by Gasteiger charge is -2.19. The van der Waals surface area contributed by atoms with E-state index in [9.17, 15) is 0 Å². The SMILES string of the molecule is C=CCN(CCn1cc(CNCC(C)C)nn1)C1CC1. The molecule has 0 unspecified atom stereocenters. The second-order valence-electron chi connectivity index (χ2n) is 6.01. The predicted octanol–water partition coefficient (Wildman–Crippen LogP) is 1.67. The van der Waals surface area contributed by atoms with Crippen LogP contribution in [0.5, 0.6) is 0 Å². The third kappa shape index (κ3) is 5.06. The van der Waals surface area contributed by atoms with Crippen LogP contribution in [-0.2, 0) is 13.1 Å². The van der Waals surface area contributed by atoms with Gasteiger partial charge in [-0.05, 0) is 25.3 Å². The van der Waals surface area contributed by atoms with Gasteiger partial charge in [-0.15, -0.1) is 11.7 Å². The molecular weight excluding hydrogens is 250 g/mol. The minimum Gasteiger partial charge on any atom is -0.311 e. The molecule has 1 fully saturated rings. The van der Waals surface area contributed by atoms with Gasteiger partial charge in [0.05, 0.1) is 12.2 Å². The van der Waals surface area contributed by atoms with Crippen molar-refractivity contribution in [3.05, 3.63) is 24.5 Å². The van der Waals surface area contributed by atoms with E-state index in [-0.39, 0.29) is 0 Å². The molecule has 0 amide bonds. The molecule has 1 heterocycles. The molecular formula is C15H27N5. The predicted molar refractivity (Wildman–Crippen MR) is 81.4 cm³/mol. The largest absolute Gasteiger partial charge is 0.311 e. The molecule has 0 saturated heterocycles. The number of aromatic nitrogens is 3. The number of hydrogen-bond acceptors (Lipinski definition) is 4. The Morgan fingerprint density at radius 3 is 3.00 bits per heavy atom. The van der Waals surface area contributed by atoms with Gasteiger partial charge >= 0.3 is 0 Å². The van der Waals surface area contributed by atoms with Crippen LogP contribution in [-0.4, -0.2) is 45.6 Å². The fraction of sp³-hybridized carbons (Fsp3) is 0.733. The molecule has 20 heavy (non-hydrogen) atoms. The zero-order valence-electron chi connectivity index (χ0n) is 12.8. The molecule has 5 heteroatoms. The fourth-order valence-electron chi connectivity index (χ4n) is 2.28. The molecule has 0 radical (unpaired) electrons. The third-order valence-corrected chi connectivity index (χ3v) is 3.49. The van der Waals surface area contributed by atoms with Crippen LogP contribution in [0.25, 0.3) is 0 Å². The molecule has 2 rings (SSSR count). The number of nitrogens with zero attached hydrogens (tertiary/aromatic N) is 4. The van der Waals surface area contributed by atoms with Crippen molar-refractivity contribution in [3.63, 3.8) is 0 Å². The summed E-state index contributed by atoms with van der Waals surface area (Å²) in [4.78, 5) is 2.48. The Hall–Kier alpha value is -1.20. The van der Waals surface area contributed by atoms with E-state index < -0.39 is 0 Å². The Morgan fingerprint density at radius 1 is 1.55 bits per heavy atom. The summed E-state index contributed by atoms with van der Waals surface area (Å²) >= 11 is 0. The maximum atomic E-state index is 4.21. The van der Waals surface area contributed by atoms with Gasteiger partial charge in [0.15, 0.2) is 0 Å². The third-order valence-electron chi connectivity index (χ3n) is 3.49. The summed E-state index contributed by atoms with van der Waals surface area (Å²) in [7, 11) is 0. The molecule has 0 aromatic carbocycles. The van der Waals surface area contributed by atoms with E-state index in [1.54, 1.807) is 0 Å². The first-order valence-electron chi connectivity index (χ1n) is 7.63. The highest BCUT2D eigenvalue weighted by molar-refractivity contribution is 4.92. The van der Waals surface area contributed by atoms with Gasteiger partial charge in [-0.1, -0.05) is 25.1 Å². The van der Waals surface area contributed by atoms with Crippen LogP contribution >= 0.6 is 0 Å². The van der Waals surface area contributed by atoms with Crippen molar-refractivity contribution in [2.24, 2.45) is 5.92 Å². The van der Waals surface area contributed by atoms with Crippen LogP contribution in [0.3, 0.4) is 0 Å². The van der Waals surface area contributed by atoms with Crippen LogP contribution in [0.2, 0.25) is 0 Å². The normalized spacial score (nSPS) is 15.2. The van der Waals surface area contributed by atoms with E-state index in [2.05, 4.69) is 41.0 Å².